The van der Waals surface area contributed by atoms with Gasteiger partial charge in [-0.2, -0.15) is 4.39 Å². The van der Waals surface area contributed by atoms with Crippen LogP contribution in [0, 0.1) is 23.3 Å². The Labute approximate surface area is 206 Å². The fourth-order valence-electron chi connectivity index (χ4n) is 3.96. The highest BCUT2D eigenvalue weighted by Crippen LogP contribution is 2.31. The second-order valence-electron chi connectivity index (χ2n) is 8.47. The second kappa shape index (κ2) is 10.8. The Balaban J connectivity index is 1.53. The van der Waals surface area contributed by atoms with E-state index < -0.39 is 35.1 Å². The third-order valence-electron chi connectivity index (χ3n) is 6.02. The van der Waals surface area contributed by atoms with Gasteiger partial charge in [0.15, 0.2) is 23.2 Å². The molecule has 0 bridgehead atoms. The molecule has 0 radical (unpaired) electrons. The standard InChI is InChI=1S/C30H24F4O2/c1-2-3-25(35)21-12-10-20(11-13-21)23-15-14-22(27(31)28(23)32)9-6-18-4-7-19(8-5-18)24-16-17-26(36)30(34)29(24)33/h4-17,25,35-36H,2-3H2,1H3/b9-6+. The second-order valence-corrected chi connectivity index (χ2v) is 8.47. The minimum atomic E-state index is -1.32. The van der Waals surface area contributed by atoms with Crippen molar-refractivity contribution >= 4 is 12.2 Å². The van der Waals surface area contributed by atoms with Gasteiger partial charge >= 0.3 is 0 Å². The van der Waals surface area contributed by atoms with Crippen molar-refractivity contribution < 1.29 is 27.8 Å². The maximum absolute atomic E-state index is 14.9. The minimum Gasteiger partial charge on any atom is -0.505 e. The molecule has 0 saturated carbocycles. The number of phenolic OH excluding ortho intramolecular Hbond substituents is 1. The number of aliphatic hydroxyl groups excluding tert-OH is 1. The highest BCUT2D eigenvalue weighted by molar-refractivity contribution is 5.74. The van der Waals surface area contributed by atoms with Crippen molar-refractivity contribution in [2.24, 2.45) is 0 Å². The van der Waals surface area contributed by atoms with E-state index in [0.29, 0.717) is 23.1 Å². The lowest BCUT2D eigenvalue weighted by Gasteiger charge is -2.11. The fourth-order valence-corrected chi connectivity index (χ4v) is 3.96. The Morgan fingerprint density at radius 1 is 0.667 bits per heavy atom. The normalized spacial score (nSPS) is 12.3. The number of hydrogen-bond acceptors (Lipinski definition) is 2. The van der Waals surface area contributed by atoms with Gasteiger partial charge in [0.2, 0.25) is 5.82 Å². The average molecular weight is 493 g/mol. The van der Waals surface area contributed by atoms with E-state index in [-0.39, 0.29) is 16.7 Å². The summed E-state index contributed by atoms with van der Waals surface area (Å²) in [7, 11) is 0. The molecule has 36 heavy (non-hydrogen) atoms. The zero-order valence-corrected chi connectivity index (χ0v) is 19.5. The molecule has 0 fully saturated rings. The molecule has 0 aliphatic rings. The molecule has 2 N–H and O–H groups in total. The van der Waals surface area contributed by atoms with Gasteiger partial charge < -0.3 is 10.2 Å². The highest BCUT2D eigenvalue weighted by atomic mass is 19.2. The van der Waals surface area contributed by atoms with Gasteiger partial charge in [-0.25, -0.2) is 13.2 Å². The van der Waals surface area contributed by atoms with Crippen LogP contribution < -0.4 is 0 Å². The van der Waals surface area contributed by atoms with Crippen LogP contribution in [0.15, 0.2) is 72.8 Å². The summed E-state index contributed by atoms with van der Waals surface area (Å²) in [5.74, 6) is -5.19. The summed E-state index contributed by atoms with van der Waals surface area (Å²) >= 11 is 0. The smallest absolute Gasteiger partial charge is 0.200 e. The number of rotatable bonds is 7. The average Bonchev–Trinajstić information content (AvgIpc) is 2.89. The molecule has 0 aromatic heterocycles. The number of halogens is 4. The Kier molecular flexibility index (Phi) is 7.55. The zero-order chi connectivity index (χ0) is 25.8. The summed E-state index contributed by atoms with van der Waals surface area (Å²) in [6.07, 6.45) is 3.88. The molecule has 2 nitrogen and oxygen atoms in total. The van der Waals surface area contributed by atoms with Crippen LogP contribution in [0.2, 0.25) is 0 Å². The van der Waals surface area contributed by atoms with Gasteiger partial charge in [0.25, 0.3) is 0 Å². The highest BCUT2D eigenvalue weighted by Gasteiger charge is 2.15. The largest absolute Gasteiger partial charge is 0.505 e. The molecule has 1 atom stereocenters. The summed E-state index contributed by atoms with van der Waals surface area (Å²) in [5, 5.41) is 19.4. The molecular formula is C30H24F4O2. The maximum Gasteiger partial charge on any atom is 0.200 e. The van der Waals surface area contributed by atoms with Gasteiger partial charge in [0, 0.05) is 16.7 Å². The molecule has 184 valence electrons. The summed E-state index contributed by atoms with van der Waals surface area (Å²) in [6.45, 7) is 1.97. The SMILES string of the molecule is CCCC(O)c1ccc(-c2ccc(/C=C/c3ccc(-c4ccc(O)c(F)c4F)cc3)c(F)c2F)cc1. The first-order chi connectivity index (χ1) is 17.3. The summed E-state index contributed by atoms with van der Waals surface area (Å²) in [5.41, 5.74) is 2.45. The van der Waals surface area contributed by atoms with Crippen molar-refractivity contribution in [3.05, 3.63) is 113 Å². The van der Waals surface area contributed by atoms with Crippen LogP contribution in [-0.4, -0.2) is 10.2 Å². The van der Waals surface area contributed by atoms with E-state index in [1.54, 1.807) is 54.6 Å². The van der Waals surface area contributed by atoms with Crippen LogP contribution in [0.3, 0.4) is 0 Å². The Morgan fingerprint density at radius 3 is 1.83 bits per heavy atom. The van der Waals surface area contributed by atoms with Gasteiger partial charge in [0.1, 0.15) is 0 Å². The molecule has 0 saturated heterocycles. The van der Waals surface area contributed by atoms with Crippen molar-refractivity contribution in [1.29, 1.82) is 0 Å². The molecular weight excluding hydrogens is 468 g/mol. The third kappa shape index (κ3) is 5.19. The lowest BCUT2D eigenvalue weighted by molar-refractivity contribution is 0.166. The molecule has 4 aromatic carbocycles. The number of phenols is 1. The van der Waals surface area contributed by atoms with E-state index in [1.165, 1.54) is 24.3 Å². The van der Waals surface area contributed by atoms with Crippen molar-refractivity contribution in [2.75, 3.05) is 0 Å². The lowest BCUT2D eigenvalue weighted by Crippen LogP contribution is -1.97. The van der Waals surface area contributed by atoms with Crippen LogP contribution >= 0.6 is 0 Å². The maximum atomic E-state index is 14.9. The van der Waals surface area contributed by atoms with Crippen LogP contribution in [0.1, 0.15) is 42.6 Å². The molecule has 0 aliphatic carbocycles. The lowest BCUT2D eigenvalue weighted by atomic mass is 9.98. The third-order valence-corrected chi connectivity index (χ3v) is 6.02. The first-order valence-corrected chi connectivity index (χ1v) is 11.5. The zero-order valence-electron chi connectivity index (χ0n) is 19.5. The van der Waals surface area contributed by atoms with Crippen molar-refractivity contribution in [1.82, 2.24) is 0 Å². The first-order valence-electron chi connectivity index (χ1n) is 11.5. The van der Waals surface area contributed by atoms with Crippen molar-refractivity contribution in [3.63, 3.8) is 0 Å². The molecule has 0 spiro atoms. The van der Waals surface area contributed by atoms with E-state index in [1.807, 2.05) is 6.92 Å². The molecule has 0 heterocycles. The number of aliphatic hydroxyl groups is 1. The topological polar surface area (TPSA) is 40.5 Å². The molecule has 6 heteroatoms. The summed E-state index contributed by atoms with van der Waals surface area (Å²) in [6, 6.07) is 18.5. The van der Waals surface area contributed by atoms with Gasteiger partial charge in [0.05, 0.1) is 6.10 Å². The van der Waals surface area contributed by atoms with E-state index >= 15 is 0 Å². The van der Waals surface area contributed by atoms with Crippen LogP contribution in [-0.2, 0) is 0 Å². The van der Waals surface area contributed by atoms with Gasteiger partial charge in [-0.05, 0) is 40.8 Å². The van der Waals surface area contributed by atoms with Crippen LogP contribution in [0.5, 0.6) is 5.75 Å². The Morgan fingerprint density at radius 2 is 1.22 bits per heavy atom. The first kappa shape index (κ1) is 25.2. The van der Waals surface area contributed by atoms with Crippen molar-refractivity contribution in [3.8, 4) is 28.0 Å². The molecule has 4 aromatic rings. The van der Waals surface area contributed by atoms with Gasteiger partial charge in [-0.3, -0.25) is 0 Å². The number of hydrogen-bond donors (Lipinski definition) is 2. The predicted molar refractivity (Wildman–Crippen MR) is 134 cm³/mol. The van der Waals surface area contributed by atoms with E-state index in [0.717, 1.165) is 18.1 Å². The molecule has 1 unspecified atom stereocenters. The molecule has 0 aliphatic heterocycles. The quantitative estimate of drug-likeness (QED) is 0.201. The van der Waals surface area contributed by atoms with Gasteiger partial charge in [-0.15, -0.1) is 0 Å². The fraction of sp³-hybridized carbons (Fsp3) is 0.133. The molecule has 0 amide bonds. The van der Waals surface area contributed by atoms with E-state index in [2.05, 4.69) is 0 Å². The summed E-state index contributed by atoms with van der Waals surface area (Å²) in [4.78, 5) is 0. The van der Waals surface area contributed by atoms with E-state index in [9.17, 15) is 27.8 Å². The number of benzene rings is 4. The van der Waals surface area contributed by atoms with Crippen molar-refractivity contribution in [2.45, 2.75) is 25.9 Å². The van der Waals surface area contributed by atoms with Crippen LogP contribution in [0.25, 0.3) is 34.4 Å². The predicted octanol–water partition coefficient (Wildman–Crippen LogP) is 8.29. The number of aromatic hydroxyl groups is 1. The Bertz CT molecular complexity index is 1390. The Hall–Kier alpha value is -3.90. The molecule has 4 rings (SSSR count). The minimum absolute atomic E-state index is 0.00237. The van der Waals surface area contributed by atoms with E-state index in [4.69, 9.17) is 0 Å². The van der Waals surface area contributed by atoms with Gasteiger partial charge in [-0.1, -0.05) is 86.2 Å². The monoisotopic (exact) mass is 492 g/mol. The summed E-state index contributed by atoms with van der Waals surface area (Å²) < 4.78 is 57.4. The van der Waals surface area contributed by atoms with Crippen LogP contribution in [0.4, 0.5) is 17.6 Å².